The molecule has 0 saturated carbocycles. The highest BCUT2D eigenvalue weighted by atomic mass is 16.5. The Labute approximate surface area is 126 Å². The first kappa shape index (κ1) is 17.3. The van der Waals surface area contributed by atoms with Crippen molar-refractivity contribution in [3.63, 3.8) is 0 Å². The largest absolute Gasteiger partial charge is 0.493 e. The minimum Gasteiger partial charge on any atom is -0.493 e. The lowest BCUT2D eigenvalue weighted by Gasteiger charge is -2.12. The molecule has 118 valence electrons. The second kappa shape index (κ2) is 10.0. The minimum absolute atomic E-state index is 0.106. The standard InChI is InChI=1S/C16H26N2O3/c1-3-4-11-21-14-8-7-13(12-15(14)20-2)16(19)18-10-6-5-9-17/h7-8,12H,3-6,9-11,17H2,1-2H3,(H,18,19). The van der Waals surface area contributed by atoms with E-state index in [0.717, 1.165) is 25.7 Å². The van der Waals surface area contributed by atoms with Crippen LogP contribution in [-0.4, -0.2) is 32.7 Å². The van der Waals surface area contributed by atoms with Crippen LogP contribution in [0.2, 0.25) is 0 Å². The lowest BCUT2D eigenvalue weighted by molar-refractivity contribution is 0.0952. The van der Waals surface area contributed by atoms with E-state index >= 15 is 0 Å². The van der Waals surface area contributed by atoms with Gasteiger partial charge in [-0.1, -0.05) is 13.3 Å². The Kier molecular flexibility index (Phi) is 8.28. The Hall–Kier alpha value is -1.75. The van der Waals surface area contributed by atoms with Crippen LogP contribution < -0.4 is 20.5 Å². The van der Waals surface area contributed by atoms with Gasteiger partial charge in [-0.25, -0.2) is 0 Å². The van der Waals surface area contributed by atoms with Crippen LogP contribution in [0.3, 0.4) is 0 Å². The molecule has 0 aromatic heterocycles. The topological polar surface area (TPSA) is 73.6 Å². The molecule has 1 aromatic carbocycles. The van der Waals surface area contributed by atoms with Crippen molar-refractivity contribution < 1.29 is 14.3 Å². The van der Waals surface area contributed by atoms with Gasteiger partial charge in [0.15, 0.2) is 11.5 Å². The average molecular weight is 294 g/mol. The third-order valence-corrected chi connectivity index (χ3v) is 3.10. The average Bonchev–Trinajstić information content (AvgIpc) is 2.51. The number of carbonyl (C=O) groups is 1. The van der Waals surface area contributed by atoms with Gasteiger partial charge in [0.05, 0.1) is 13.7 Å². The molecule has 1 aromatic rings. The van der Waals surface area contributed by atoms with Gasteiger partial charge in [-0.2, -0.15) is 0 Å². The van der Waals surface area contributed by atoms with Gasteiger partial charge in [0.2, 0.25) is 0 Å². The van der Waals surface area contributed by atoms with E-state index in [0.29, 0.717) is 36.8 Å². The van der Waals surface area contributed by atoms with E-state index in [2.05, 4.69) is 12.2 Å². The highest BCUT2D eigenvalue weighted by molar-refractivity contribution is 5.94. The van der Waals surface area contributed by atoms with Gasteiger partial charge in [0.1, 0.15) is 0 Å². The highest BCUT2D eigenvalue weighted by Crippen LogP contribution is 2.28. The fraction of sp³-hybridized carbons (Fsp3) is 0.562. The molecule has 0 radical (unpaired) electrons. The van der Waals surface area contributed by atoms with Crippen molar-refractivity contribution in [2.75, 3.05) is 26.8 Å². The molecule has 0 bridgehead atoms. The molecule has 0 aliphatic carbocycles. The maximum absolute atomic E-state index is 12.0. The Morgan fingerprint density at radius 1 is 1.24 bits per heavy atom. The van der Waals surface area contributed by atoms with Crippen LogP contribution in [0.5, 0.6) is 11.5 Å². The molecular formula is C16H26N2O3. The van der Waals surface area contributed by atoms with E-state index < -0.39 is 0 Å². The summed E-state index contributed by atoms with van der Waals surface area (Å²) >= 11 is 0. The van der Waals surface area contributed by atoms with Gasteiger partial charge in [-0.3, -0.25) is 4.79 Å². The van der Waals surface area contributed by atoms with E-state index in [-0.39, 0.29) is 5.91 Å². The maximum Gasteiger partial charge on any atom is 0.251 e. The first-order chi connectivity index (χ1) is 10.2. The number of benzene rings is 1. The summed E-state index contributed by atoms with van der Waals surface area (Å²) < 4.78 is 10.9. The molecule has 1 amide bonds. The van der Waals surface area contributed by atoms with Crippen LogP contribution in [0.4, 0.5) is 0 Å². The summed E-state index contributed by atoms with van der Waals surface area (Å²) in [5.74, 6) is 1.15. The molecule has 0 atom stereocenters. The second-order valence-corrected chi connectivity index (χ2v) is 4.82. The van der Waals surface area contributed by atoms with Gasteiger partial charge in [-0.05, 0) is 44.0 Å². The van der Waals surface area contributed by atoms with E-state index in [1.165, 1.54) is 0 Å². The Morgan fingerprint density at radius 2 is 2.05 bits per heavy atom. The number of amides is 1. The monoisotopic (exact) mass is 294 g/mol. The summed E-state index contributed by atoms with van der Waals surface area (Å²) in [6, 6.07) is 5.24. The fourth-order valence-corrected chi connectivity index (χ4v) is 1.83. The number of nitrogens with one attached hydrogen (secondary N) is 1. The first-order valence-electron chi connectivity index (χ1n) is 7.52. The van der Waals surface area contributed by atoms with Crippen molar-refractivity contribution in [2.45, 2.75) is 32.6 Å². The predicted octanol–water partition coefficient (Wildman–Crippen LogP) is 2.34. The molecule has 0 aliphatic heterocycles. The van der Waals surface area contributed by atoms with Gasteiger partial charge in [0, 0.05) is 12.1 Å². The van der Waals surface area contributed by atoms with Crippen LogP contribution in [0.1, 0.15) is 43.0 Å². The molecule has 5 heteroatoms. The van der Waals surface area contributed by atoms with Crippen molar-refractivity contribution in [1.82, 2.24) is 5.32 Å². The van der Waals surface area contributed by atoms with E-state index in [9.17, 15) is 4.79 Å². The van der Waals surface area contributed by atoms with Crippen molar-refractivity contribution in [3.05, 3.63) is 23.8 Å². The van der Waals surface area contributed by atoms with Crippen molar-refractivity contribution in [3.8, 4) is 11.5 Å². The molecule has 3 N–H and O–H groups in total. The molecule has 0 saturated heterocycles. The fourth-order valence-electron chi connectivity index (χ4n) is 1.83. The predicted molar refractivity (Wildman–Crippen MR) is 84.0 cm³/mol. The number of unbranched alkanes of at least 4 members (excludes halogenated alkanes) is 2. The summed E-state index contributed by atoms with van der Waals surface area (Å²) in [4.78, 5) is 12.0. The van der Waals surface area contributed by atoms with E-state index in [1.807, 2.05) is 0 Å². The normalized spacial score (nSPS) is 10.2. The molecule has 1 rings (SSSR count). The zero-order valence-corrected chi connectivity index (χ0v) is 13.0. The third-order valence-electron chi connectivity index (χ3n) is 3.10. The van der Waals surface area contributed by atoms with Crippen LogP contribution in [0.25, 0.3) is 0 Å². The number of nitrogens with two attached hydrogens (primary N) is 1. The first-order valence-corrected chi connectivity index (χ1v) is 7.52. The number of hydrogen-bond donors (Lipinski definition) is 2. The number of methoxy groups -OCH3 is 1. The Balaban J connectivity index is 2.61. The van der Waals surface area contributed by atoms with Crippen LogP contribution in [-0.2, 0) is 0 Å². The SMILES string of the molecule is CCCCOc1ccc(C(=O)NCCCCN)cc1OC. The van der Waals surface area contributed by atoms with E-state index in [4.69, 9.17) is 15.2 Å². The van der Waals surface area contributed by atoms with Gasteiger partial charge in [0.25, 0.3) is 5.91 Å². The lowest BCUT2D eigenvalue weighted by Crippen LogP contribution is -2.24. The van der Waals surface area contributed by atoms with Gasteiger partial charge < -0.3 is 20.5 Å². The zero-order chi connectivity index (χ0) is 15.5. The summed E-state index contributed by atoms with van der Waals surface area (Å²) in [5, 5.41) is 2.87. The summed E-state index contributed by atoms with van der Waals surface area (Å²) in [6.45, 7) is 4.04. The third kappa shape index (κ3) is 6.04. The van der Waals surface area contributed by atoms with Gasteiger partial charge in [-0.15, -0.1) is 0 Å². The zero-order valence-electron chi connectivity index (χ0n) is 13.0. The Bertz CT molecular complexity index is 436. The summed E-state index contributed by atoms with van der Waals surface area (Å²) in [5.41, 5.74) is 5.99. The number of carbonyl (C=O) groups excluding carboxylic acids is 1. The molecule has 0 spiro atoms. The molecule has 5 nitrogen and oxygen atoms in total. The number of hydrogen-bond acceptors (Lipinski definition) is 4. The van der Waals surface area contributed by atoms with Crippen molar-refractivity contribution >= 4 is 5.91 Å². The molecule has 0 fully saturated rings. The second-order valence-electron chi connectivity index (χ2n) is 4.82. The van der Waals surface area contributed by atoms with Crippen LogP contribution in [0.15, 0.2) is 18.2 Å². The van der Waals surface area contributed by atoms with Crippen molar-refractivity contribution in [2.24, 2.45) is 5.73 Å². The van der Waals surface area contributed by atoms with Gasteiger partial charge >= 0.3 is 0 Å². The number of ether oxygens (including phenoxy) is 2. The smallest absolute Gasteiger partial charge is 0.251 e. The highest BCUT2D eigenvalue weighted by Gasteiger charge is 2.10. The number of rotatable bonds is 10. The molecule has 0 aliphatic rings. The van der Waals surface area contributed by atoms with Crippen molar-refractivity contribution in [1.29, 1.82) is 0 Å². The Morgan fingerprint density at radius 3 is 2.71 bits per heavy atom. The molecular weight excluding hydrogens is 268 g/mol. The lowest BCUT2D eigenvalue weighted by atomic mass is 10.2. The maximum atomic E-state index is 12.0. The summed E-state index contributed by atoms with van der Waals surface area (Å²) in [7, 11) is 1.57. The molecule has 21 heavy (non-hydrogen) atoms. The van der Waals surface area contributed by atoms with Crippen LogP contribution in [0, 0.1) is 0 Å². The summed E-state index contributed by atoms with van der Waals surface area (Å²) in [6.07, 6.45) is 3.86. The van der Waals surface area contributed by atoms with E-state index in [1.54, 1.807) is 25.3 Å². The van der Waals surface area contributed by atoms with Crippen LogP contribution >= 0.6 is 0 Å². The minimum atomic E-state index is -0.106. The quantitative estimate of drug-likeness (QED) is 0.650. The molecule has 0 unspecified atom stereocenters. The molecule has 0 heterocycles.